The molecule has 11 nitrogen and oxygen atoms in total. The van der Waals surface area contributed by atoms with Gasteiger partial charge in [-0.2, -0.15) is 0 Å². The van der Waals surface area contributed by atoms with Gasteiger partial charge in [0.1, 0.15) is 28.4 Å². The van der Waals surface area contributed by atoms with E-state index in [0.29, 0.717) is 5.56 Å². The van der Waals surface area contributed by atoms with Crippen molar-refractivity contribution in [1.82, 2.24) is 4.90 Å². The maximum atomic E-state index is 13.8. The number of aliphatic hydroxyl groups excluding tert-OH is 2. The number of fused-ring (bicyclic) bond motifs is 3. The molecule has 0 saturated heterocycles. The number of likely N-dealkylation sites (N-methyl/N-ethyl adjacent to an activating group) is 1. The van der Waals surface area contributed by atoms with Crippen LogP contribution in [0.4, 0.5) is 0 Å². The van der Waals surface area contributed by atoms with Gasteiger partial charge >= 0.3 is 5.97 Å². The molecule has 1 saturated carbocycles. The molecule has 0 aliphatic heterocycles. The number of carbonyl (C=O) groups excluding carboxylic acids is 4. The average molecular weight is 486 g/mol. The van der Waals surface area contributed by atoms with E-state index in [9.17, 15) is 39.6 Å². The van der Waals surface area contributed by atoms with Crippen LogP contribution in [0, 0.1) is 11.8 Å². The first-order valence-electron chi connectivity index (χ1n) is 10.9. The van der Waals surface area contributed by atoms with E-state index < -0.39 is 75.7 Å². The summed E-state index contributed by atoms with van der Waals surface area (Å²) in [6, 6.07) is 1.72. The minimum atomic E-state index is -2.72. The zero-order chi connectivity index (χ0) is 26.1. The molecule has 186 valence electrons. The molecule has 1 aromatic carbocycles. The van der Waals surface area contributed by atoms with Crippen LogP contribution in [0.25, 0.3) is 5.76 Å². The van der Waals surface area contributed by atoms with Crippen LogP contribution in [0.5, 0.6) is 5.75 Å². The molecule has 0 bridgehead atoms. The third-order valence-corrected chi connectivity index (χ3v) is 7.50. The van der Waals surface area contributed by atoms with Crippen LogP contribution in [-0.4, -0.2) is 81.6 Å². The number of amides is 1. The molecule has 1 fully saturated rings. The maximum absolute atomic E-state index is 13.8. The highest BCUT2D eigenvalue weighted by Gasteiger charge is 2.64. The van der Waals surface area contributed by atoms with Gasteiger partial charge in [0.2, 0.25) is 5.78 Å². The molecule has 11 heteroatoms. The van der Waals surface area contributed by atoms with Crippen molar-refractivity contribution >= 4 is 29.2 Å². The number of rotatable bonds is 3. The van der Waals surface area contributed by atoms with Crippen molar-refractivity contribution in [2.45, 2.75) is 30.9 Å². The number of nitrogens with zero attached hydrogens (tertiary/aromatic N) is 1. The lowest BCUT2D eigenvalue weighted by molar-refractivity contribution is -0.154. The highest BCUT2D eigenvalue weighted by atomic mass is 16.5. The van der Waals surface area contributed by atoms with Crippen LogP contribution in [-0.2, 0) is 19.1 Å². The van der Waals surface area contributed by atoms with Crippen LogP contribution >= 0.6 is 0 Å². The van der Waals surface area contributed by atoms with Gasteiger partial charge in [-0.25, -0.2) is 4.79 Å². The first-order valence-corrected chi connectivity index (χ1v) is 10.9. The van der Waals surface area contributed by atoms with E-state index in [2.05, 4.69) is 4.74 Å². The van der Waals surface area contributed by atoms with E-state index in [1.807, 2.05) is 0 Å². The summed E-state index contributed by atoms with van der Waals surface area (Å²) in [5.74, 6) is -8.90. The van der Waals surface area contributed by atoms with E-state index in [4.69, 9.17) is 5.73 Å². The van der Waals surface area contributed by atoms with Crippen LogP contribution in [0.3, 0.4) is 0 Å². The quantitative estimate of drug-likeness (QED) is 0.294. The van der Waals surface area contributed by atoms with Crippen molar-refractivity contribution in [1.29, 1.82) is 0 Å². The number of hydrogen-bond donors (Lipinski definition) is 5. The lowest BCUT2D eigenvalue weighted by Gasteiger charge is -2.51. The molecule has 3 aliphatic carbocycles. The number of hydrogen-bond acceptors (Lipinski definition) is 10. The number of benzene rings is 1. The first kappa shape index (κ1) is 24.4. The van der Waals surface area contributed by atoms with E-state index >= 15 is 0 Å². The predicted octanol–water partition coefficient (Wildman–Crippen LogP) is 0.312. The number of Topliss-reactive ketones (excluding diaryl/α,β-unsaturated/α-hetero) is 2. The fraction of sp³-hybridized carbons (Fsp3) is 0.417. The van der Waals surface area contributed by atoms with E-state index in [1.54, 1.807) is 6.92 Å². The Hall–Kier alpha value is -3.70. The zero-order valence-corrected chi connectivity index (χ0v) is 19.5. The molecule has 35 heavy (non-hydrogen) atoms. The van der Waals surface area contributed by atoms with Gasteiger partial charge in [-0.05, 0) is 44.0 Å². The Morgan fingerprint density at radius 3 is 2.34 bits per heavy atom. The Morgan fingerprint density at radius 1 is 1.17 bits per heavy atom. The Morgan fingerprint density at radius 2 is 1.80 bits per heavy atom. The summed E-state index contributed by atoms with van der Waals surface area (Å²) in [5, 5.41) is 44.4. The fourth-order valence-corrected chi connectivity index (χ4v) is 5.81. The highest BCUT2D eigenvalue weighted by molar-refractivity contribution is 6.24. The van der Waals surface area contributed by atoms with Gasteiger partial charge in [0.05, 0.1) is 18.7 Å². The predicted molar refractivity (Wildman–Crippen MR) is 120 cm³/mol. The number of phenolic OH excluding ortho intramolecular Hbond substituents is 1. The van der Waals surface area contributed by atoms with E-state index in [1.165, 1.54) is 31.1 Å². The number of ketones is 2. The lowest BCUT2D eigenvalue weighted by Crippen LogP contribution is -2.65. The number of esters is 1. The standard InChI is InChI=1S/C24H26N2O9/c1-8-9-5-6-10(23(33)35-4)17(27)13(9)18(28)14-11(8)7-12-16(26(2)3)19(29)15(22(25)32)21(31)24(12,34)20(14)30/h5-6,8,11-12,16,27-28,31,34H,7H2,1-4H3,(H2,25,32)/t8-,11+,12-,16-,24-/m0/s1. The molecular formula is C24H26N2O9. The third-order valence-electron chi connectivity index (χ3n) is 7.50. The molecule has 3 aliphatic rings. The lowest BCUT2D eigenvalue weighted by atomic mass is 9.55. The van der Waals surface area contributed by atoms with Crippen molar-refractivity contribution in [3.8, 4) is 5.75 Å². The molecule has 5 atom stereocenters. The van der Waals surface area contributed by atoms with Gasteiger partial charge in [-0.15, -0.1) is 0 Å². The largest absolute Gasteiger partial charge is 0.508 e. The highest BCUT2D eigenvalue weighted by Crippen LogP contribution is 2.56. The van der Waals surface area contributed by atoms with Gasteiger partial charge in [0.15, 0.2) is 11.4 Å². The van der Waals surface area contributed by atoms with Crippen LogP contribution < -0.4 is 5.73 Å². The van der Waals surface area contributed by atoms with E-state index in [-0.39, 0.29) is 23.1 Å². The normalized spacial score (nSPS) is 30.1. The number of aliphatic hydroxyl groups is 3. The summed E-state index contributed by atoms with van der Waals surface area (Å²) in [5.41, 5.74) is 1.45. The Bertz CT molecular complexity index is 1260. The molecule has 4 rings (SSSR count). The summed E-state index contributed by atoms with van der Waals surface area (Å²) < 4.78 is 4.65. The molecule has 1 amide bonds. The van der Waals surface area contributed by atoms with Crippen molar-refractivity contribution in [2.75, 3.05) is 21.2 Å². The SMILES string of the molecule is COC(=O)c1ccc2c(c1O)C(O)=C1C(=O)[C@]3(O)C(O)=C(C(N)=O)C(=O)[C@@H](N(C)C)[C@@H]3C[C@@H]1[C@H]2C. The van der Waals surface area contributed by atoms with Crippen molar-refractivity contribution in [3.63, 3.8) is 0 Å². The molecule has 0 radical (unpaired) electrons. The summed E-state index contributed by atoms with van der Waals surface area (Å²) in [6.07, 6.45) is -0.0214. The number of phenols is 1. The molecule has 0 unspecified atom stereocenters. The second-order valence-corrected chi connectivity index (χ2v) is 9.37. The molecule has 0 spiro atoms. The summed E-state index contributed by atoms with van der Waals surface area (Å²) in [6.45, 7) is 1.74. The Labute approximate surface area is 200 Å². The van der Waals surface area contributed by atoms with Gasteiger partial charge < -0.3 is 30.9 Å². The maximum Gasteiger partial charge on any atom is 0.341 e. The van der Waals surface area contributed by atoms with Crippen molar-refractivity contribution in [3.05, 3.63) is 45.7 Å². The average Bonchev–Trinajstić information content (AvgIpc) is 2.78. The summed E-state index contributed by atoms with van der Waals surface area (Å²) >= 11 is 0. The molecule has 0 heterocycles. The van der Waals surface area contributed by atoms with Gasteiger partial charge in [-0.3, -0.25) is 19.3 Å². The van der Waals surface area contributed by atoms with Crippen molar-refractivity contribution < 1.29 is 44.3 Å². The summed E-state index contributed by atoms with van der Waals surface area (Å²) in [4.78, 5) is 52.4. The number of primary amides is 1. The van der Waals surface area contributed by atoms with E-state index in [0.717, 1.165) is 7.11 Å². The third kappa shape index (κ3) is 3.04. The number of carbonyl (C=O) groups is 4. The molecule has 0 aromatic heterocycles. The minimum absolute atomic E-state index is 0.0214. The Balaban J connectivity index is 2.00. The molecule has 6 N–H and O–H groups in total. The number of aromatic hydroxyl groups is 1. The molecular weight excluding hydrogens is 460 g/mol. The smallest absolute Gasteiger partial charge is 0.341 e. The molecule has 1 aromatic rings. The Kier molecular flexibility index (Phi) is 5.53. The van der Waals surface area contributed by atoms with Gasteiger partial charge in [0, 0.05) is 11.5 Å². The second-order valence-electron chi connectivity index (χ2n) is 9.37. The van der Waals surface area contributed by atoms with Crippen molar-refractivity contribution in [2.24, 2.45) is 17.6 Å². The monoisotopic (exact) mass is 486 g/mol. The second kappa shape index (κ2) is 7.92. The zero-order valence-electron chi connectivity index (χ0n) is 19.5. The topological polar surface area (TPSA) is 188 Å². The first-order chi connectivity index (χ1) is 16.3. The van der Waals surface area contributed by atoms with Gasteiger partial charge in [0.25, 0.3) is 5.91 Å². The number of nitrogens with two attached hydrogens (primary N) is 1. The summed E-state index contributed by atoms with van der Waals surface area (Å²) in [7, 11) is 4.18. The fourth-order valence-electron chi connectivity index (χ4n) is 5.81. The van der Waals surface area contributed by atoms with Crippen LogP contribution in [0.1, 0.15) is 40.7 Å². The minimum Gasteiger partial charge on any atom is -0.508 e. The van der Waals surface area contributed by atoms with Gasteiger partial charge in [-0.1, -0.05) is 13.0 Å². The van der Waals surface area contributed by atoms with Crippen LogP contribution in [0.15, 0.2) is 29.0 Å². The van der Waals surface area contributed by atoms with Crippen LogP contribution in [0.2, 0.25) is 0 Å². The number of ether oxygens (including phenoxy) is 1. The number of methoxy groups -OCH3 is 1.